The summed E-state index contributed by atoms with van der Waals surface area (Å²) < 4.78 is 1.15. The molecule has 0 radical (unpaired) electrons. The summed E-state index contributed by atoms with van der Waals surface area (Å²) in [6.07, 6.45) is 2.35. The Labute approximate surface area is 92.7 Å². The van der Waals surface area contributed by atoms with E-state index in [0.717, 1.165) is 4.47 Å². The van der Waals surface area contributed by atoms with Crippen molar-refractivity contribution in [2.24, 2.45) is 0 Å². The average Bonchev–Trinajstić information content (AvgIpc) is 2.13. The Balaban J connectivity index is 1.90. The lowest BCUT2D eigenvalue weighted by molar-refractivity contribution is 0.0285. The van der Waals surface area contributed by atoms with E-state index in [1.54, 1.807) is 7.11 Å². The fourth-order valence-corrected chi connectivity index (χ4v) is 2.15. The van der Waals surface area contributed by atoms with Crippen molar-refractivity contribution in [3.05, 3.63) is 34.3 Å². The molecule has 1 aromatic carbocycles. The van der Waals surface area contributed by atoms with Crippen molar-refractivity contribution in [1.82, 2.24) is 5.48 Å². The molecule has 0 saturated heterocycles. The molecule has 1 fully saturated rings. The van der Waals surface area contributed by atoms with Crippen LogP contribution in [0.2, 0.25) is 0 Å². The molecule has 1 aromatic rings. The first kappa shape index (κ1) is 10.1. The molecule has 2 nitrogen and oxygen atoms in total. The Morgan fingerprint density at radius 3 is 2.50 bits per heavy atom. The van der Waals surface area contributed by atoms with E-state index in [1.165, 1.54) is 18.4 Å². The minimum Gasteiger partial charge on any atom is -0.305 e. The largest absolute Gasteiger partial charge is 0.305 e. The number of hydrogen-bond donors (Lipinski definition) is 1. The highest BCUT2D eigenvalue weighted by atomic mass is 79.9. The summed E-state index contributed by atoms with van der Waals surface area (Å²) in [5, 5.41) is 0. The molecule has 0 aliphatic heterocycles. The van der Waals surface area contributed by atoms with E-state index in [9.17, 15) is 0 Å². The lowest BCUT2D eigenvalue weighted by Crippen LogP contribution is -2.39. The first-order chi connectivity index (χ1) is 6.79. The van der Waals surface area contributed by atoms with Crippen LogP contribution in [0.15, 0.2) is 28.7 Å². The molecule has 1 aliphatic rings. The monoisotopic (exact) mass is 255 g/mol. The van der Waals surface area contributed by atoms with Crippen molar-refractivity contribution in [2.45, 2.75) is 24.8 Å². The summed E-state index contributed by atoms with van der Waals surface area (Å²) in [6.45, 7) is 0. The van der Waals surface area contributed by atoms with E-state index < -0.39 is 0 Å². The van der Waals surface area contributed by atoms with Crippen LogP contribution in [0.1, 0.15) is 24.3 Å². The zero-order valence-corrected chi connectivity index (χ0v) is 9.75. The van der Waals surface area contributed by atoms with Gasteiger partial charge in [0.05, 0.1) is 7.11 Å². The van der Waals surface area contributed by atoms with Gasteiger partial charge in [-0.3, -0.25) is 0 Å². The Morgan fingerprint density at radius 1 is 1.29 bits per heavy atom. The highest BCUT2D eigenvalue weighted by Crippen LogP contribution is 2.37. The van der Waals surface area contributed by atoms with Crippen molar-refractivity contribution in [3.8, 4) is 0 Å². The molecule has 1 aliphatic carbocycles. The maximum absolute atomic E-state index is 4.89. The lowest BCUT2D eigenvalue weighted by atomic mass is 9.76. The van der Waals surface area contributed by atoms with E-state index in [0.29, 0.717) is 12.0 Å². The third kappa shape index (κ3) is 2.16. The van der Waals surface area contributed by atoms with E-state index in [2.05, 4.69) is 45.7 Å². The van der Waals surface area contributed by atoms with Gasteiger partial charge >= 0.3 is 0 Å². The van der Waals surface area contributed by atoms with Crippen LogP contribution in [0.5, 0.6) is 0 Å². The number of halogens is 1. The van der Waals surface area contributed by atoms with Crippen molar-refractivity contribution in [1.29, 1.82) is 0 Å². The number of nitrogens with one attached hydrogen (secondary N) is 1. The third-order valence-electron chi connectivity index (χ3n) is 2.76. The van der Waals surface area contributed by atoms with Crippen molar-refractivity contribution < 1.29 is 4.84 Å². The molecular weight excluding hydrogens is 242 g/mol. The zero-order valence-electron chi connectivity index (χ0n) is 8.16. The minimum absolute atomic E-state index is 0.536. The van der Waals surface area contributed by atoms with Crippen LogP contribution in [0.4, 0.5) is 0 Å². The first-order valence-corrected chi connectivity index (χ1v) is 5.63. The molecule has 14 heavy (non-hydrogen) atoms. The Bertz CT molecular complexity index is 293. The van der Waals surface area contributed by atoms with Gasteiger partial charge in [0.15, 0.2) is 0 Å². The molecule has 0 amide bonds. The van der Waals surface area contributed by atoms with Crippen LogP contribution < -0.4 is 5.48 Å². The molecule has 76 valence electrons. The van der Waals surface area contributed by atoms with Gasteiger partial charge in [0.1, 0.15) is 0 Å². The minimum atomic E-state index is 0.536. The number of hydroxylamine groups is 1. The van der Waals surface area contributed by atoms with Gasteiger partial charge in [-0.05, 0) is 36.5 Å². The second-order valence-corrected chi connectivity index (χ2v) is 4.65. The van der Waals surface area contributed by atoms with Crippen LogP contribution in [0.3, 0.4) is 0 Å². The summed E-state index contributed by atoms with van der Waals surface area (Å²) in [5.74, 6) is 0.704. The standard InChI is InChI=1S/C11H14BrNO/c1-14-13-11-6-9(7-11)8-2-4-10(12)5-3-8/h2-5,9,11,13H,6-7H2,1H3. The van der Waals surface area contributed by atoms with Crippen LogP contribution in [0.25, 0.3) is 0 Å². The summed E-state index contributed by atoms with van der Waals surface area (Å²) >= 11 is 3.44. The topological polar surface area (TPSA) is 21.3 Å². The molecule has 3 heteroatoms. The van der Waals surface area contributed by atoms with Crippen LogP contribution in [0, 0.1) is 0 Å². The molecule has 0 unspecified atom stereocenters. The highest BCUT2D eigenvalue weighted by Gasteiger charge is 2.29. The van der Waals surface area contributed by atoms with E-state index in [1.807, 2.05) is 0 Å². The van der Waals surface area contributed by atoms with Crippen molar-refractivity contribution in [3.63, 3.8) is 0 Å². The van der Waals surface area contributed by atoms with Gasteiger partial charge in [0.25, 0.3) is 0 Å². The zero-order chi connectivity index (χ0) is 9.97. The number of hydrogen-bond acceptors (Lipinski definition) is 2. The summed E-state index contributed by atoms with van der Waals surface area (Å²) in [5.41, 5.74) is 4.42. The van der Waals surface area contributed by atoms with Crippen molar-refractivity contribution in [2.75, 3.05) is 7.11 Å². The second-order valence-electron chi connectivity index (χ2n) is 3.74. The first-order valence-electron chi connectivity index (χ1n) is 4.83. The van der Waals surface area contributed by atoms with Gasteiger partial charge in [-0.1, -0.05) is 28.1 Å². The molecule has 0 atom stereocenters. The molecule has 1 N–H and O–H groups in total. The predicted octanol–water partition coefficient (Wildman–Crippen LogP) is 2.85. The Morgan fingerprint density at radius 2 is 1.93 bits per heavy atom. The number of benzene rings is 1. The smallest absolute Gasteiger partial charge is 0.0572 e. The lowest BCUT2D eigenvalue weighted by Gasteiger charge is -2.35. The molecule has 0 spiro atoms. The maximum Gasteiger partial charge on any atom is 0.0572 e. The van der Waals surface area contributed by atoms with Gasteiger partial charge in [-0.15, -0.1) is 0 Å². The molecule has 0 heterocycles. The van der Waals surface area contributed by atoms with E-state index in [-0.39, 0.29) is 0 Å². The molecule has 0 aromatic heterocycles. The Hall–Kier alpha value is -0.380. The molecule has 2 rings (SSSR count). The van der Waals surface area contributed by atoms with Gasteiger partial charge in [-0.25, -0.2) is 0 Å². The van der Waals surface area contributed by atoms with Gasteiger partial charge in [-0.2, -0.15) is 5.48 Å². The van der Waals surface area contributed by atoms with Crippen LogP contribution >= 0.6 is 15.9 Å². The van der Waals surface area contributed by atoms with E-state index >= 15 is 0 Å². The van der Waals surface area contributed by atoms with Gasteiger partial charge in [0.2, 0.25) is 0 Å². The molecule has 0 bridgehead atoms. The van der Waals surface area contributed by atoms with Gasteiger partial charge in [0, 0.05) is 10.5 Å². The summed E-state index contributed by atoms with van der Waals surface area (Å²) in [7, 11) is 1.67. The fourth-order valence-electron chi connectivity index (χ4n) is 1.89. The fraction of sp³-hybridized carbons (Fsp3) is 0.455. The highest BCUT2D eigenvalue weighted by molar-refractivity contribution is 9.10. The maximum atomic E-state index is 4.89. The third-order valence-corrected chi connectivity index (χ3v) is 3.29. The van der Waals surface area contributed by atoms with Crippen molar-refractivity contribution >= 4 is 15.9 Å². The average molecular weight is 256 g/mol. The van der Waals surface area contributed by atoms with E-state index in [4.69, 9.17) is 4.84 Å². The SMILES string of the molecule is CONC1CC(c2ccc(Br)cc2)C1. The Kier molecular flexibility index (Phi) is 3.21. The number of rotatable bonds is 3. The van der Waals surface area contributed by atoms with Gasteiger partial charge < -0.3 is 4.84 Å². The van der Waals surface area contributed by atoms with Crippen LogP contribution in [-0.4, -0.2) is 13.2 Å². The normalized spacial score (nSPS) is 25.9. The summed E-state index contributed by atoms with van der Waals surface area (Å²) in [4.78, 5) is 4.89. The quantitative estimate of drug-likeness (QED) is 0.839. The predicted molar refractivity (Wildman–Crippen MR) is 60.0 cm³/mol. The van der Waals surface area contributed by atoms with Crippen LogP contribution in [-0.2, 0) is 4.84 Å². The summed E-state index contributed by atoms with van der Waals surface area (Å²) in [6, 6.07) is 9.13. The molecule has 1 saturated carbocycles. The molecular formula is C11H14BrNO. The second kappa shape index (κ2) is 4.43.